The van der Waals surface area contributed by atoms with E-state index >= 15 is 0 Å². The van der Waals surface area contributed by atoms with E-state index in [0.29, 0.717) is 18.5 Å². The summed E-state index contributed by atoms with van der Waals surface area (Å²) in [5.74, 6) is -2.63. The summed E-state index contributed by atoms with van der Waals surface area (Å²) in [7, 11) is 1.71. The Hall–Kier alpha value is -2.83. The van der Waals surface area contributed by atoms with Crippen LogP contribution in [0.25, 0.3) is 5.69 Å². The topological polar surface area (TPSA) is 93.3 Å². The van der Waals surface area contributed by atoms with E-state index in [0.717, 1.165) is 12.8 Å². The van der Waals surface area contributed by atoms with Crippen molar-refractivity contribution >= 4 is 17.6 Å². The van der Waals surface area contributed by atoms with Gasteiger partial charge >= 0.3 is 5.97 Å². The molecule has 25 heavy (non-hydrogen) atoms. The second-order valence-electron chi connectivity index (χ2n) is 6.39. The molecule has 0 spiro atoms. The van der Waals surface area contributed by atoms with Crippen LogP contribution >= 0.6 is 0 Å². The maximum atomic E-state index is 12.6. The number of para-hydroxylation sites is 1. The van der Waals surface area contributed by atoms with E-state index in [1.54, 1.807) is 30.1 Å². The second kappa shape index (κ2) is 6.96. The van der Waals surface area contributed by atoms with Crippen molar-refractivity contribution in [1.29, 1.82) is 0 Å². The number of rotatable bonds is 4. The van der Waals surface area contributed by atoms with E-state index in [9.17, 15) is 19.5 Å². The first-order valence-electron chi connectivity index (χ1n) is 8.37. The number of hydrogen-bond donors (Lipinski definition) is 2. The van der Waals surface area contributed by atoms with Crippen LogP contribution < -0.4 is 10.9 Å². The highest BCUT2D eigenvalue weighted by atomic mass is 16.4. The average molecular weight is 343 g/mol. The predicted octanol–water partition coefficient (Wildman–Crippen LogP) is 2.01. The van der Waals surface area contributed by atoms with E-state index in [1.165, 1.54) is 4.68 Å². The van der Waals surface area contributed by atoms with Crippen LogP contribution in [-0.2, 0) is 16.6 Å². The van der Waals surface area contributed by atoms with Crippen molar-refractivity contribution in [3.05, 3.63) is 46.9 Å². The molecule has 1 saturated carbocycles. The van der Waals surface area contributed by atoms with Gasteiger partial charge in [-0.15, -0.1) is 0 Å². The lowest BCUT2D eigenvalue weighted by atomic mass is 9.78. The van der Waals surface area contributed by atoms with Crippen LogP contribution in [-0.4, -0.2) is 26.3 Å². The van der Waals surface area contributed by atoms with Crippen LogP contribution in [0.5, 0.6) is 0 Å². The van der Waals surface area contributed by atoms with Crippen LogP contribution in [0.4, 0.5) is 5.69 Å². The van der Waals surface area contributed by atoms with E-state index < -0.39 is 23.7 Å². The number of hydrogen-bond acceptors (Lipinski definition) is 3. The summed E-state index contributed by atoms with van der Waals surface area (Å²) in [5, 5.41) is 12.0. The quantitative estimate of drug-likeness (QED) is 0.888. The number of carboxylic acid groups (broad SMARTS) is 1. The zero-order chi connectivity index (χ0) is 18.0. The Balaban J connectivity index is 1.85. The third-order valence-electron chi connectivity index (χ3n) is 4.73. The highest BCUT2D eigenvalue weighted by molar-refractivity contribution is 5.95. The van der Waals surface area contributed by atoms with Crippen molar-refractivity contribution in [2.75, 3.05) is 5.32 Å². The third-order valence-corrected chi connectivity index (χ3v) is 4.73. The first-order chi connectivity index (χ1) is 12.0. The summed E-state index contributed by atoms with van der Waals surface area (Å²) in [6.07, 6.45) is 4.21. The molecule has 132 valence electrons. The fourth-order valence-corrected chi connectivity index (χ4v) is 3.48. The zero-order valence-corrected chi connectivity index (χ0v) is 14.0. The molecule has 3 rings (SSSR count). The Morgan fingerprint density at radius 1 is 1.12 bits per heavy atom. The Bertz CT molecular complexity index is 838. The summed E-state index contributed by atoms with van der Waals surface area (Å²) in [4.78, 5) is 36.6. The number of aromatic nitrogens is 2. The molecule has 0 aliphatic heterocycles. The predicted molar refractivity (Wildman–Crippen MR) is 92.7 cm³/mol. The first-order valence-corrected chi connectivity index (χ1v) is 8.37. The first kappa shape index (κ1) is 17.0. The van der Waals surface area contributed by atoms with Gasteiger partial charge in [0, 0.05) is 7.05 Å². The highest BCUT2D eigenvalue weighted by Crippen LogP contribution is 2.31. The number of carbonyl (C=O) groups excluding carboxylic acids is 1. The number of amides is 1. The Morgan fingerprint density at radius 3 is 2.40 bits per heavy atom. The number of nitrogens with one attached hydrogen (secondary N) is 1. The number of benzene rings is 1. The molecular weight excluding hydrogens is 322 g/mol. The Morgan fingerprint density at radius 2 is 1.76 bits per heavy atom. The SMILES string of the molecule is Cn1cc(NC(=O)C2CCCCC2C(=O)O)c(=O)n1-c1ccccc1. The zero-order valence-electron chi connectivity index (χ0n) is 14.0. The lowest BCUT2D eigenvalue weighted by molar-refractivity contribution is -0.147. The van der Waals surface area contributed by atoms with Gasteiger partial charge in [0.25, 0.3) is 5.56 Å². The molecule has 2 N–H and O–H groups in total. The number of aryl methyl sites for hydroxylation is 1. The molecule has 1 amide bonds. The van der Waals surface area contributed by atoms with Crippen molar-refractivity contribution in [3.63, 3.8) is 0 Å². The summed E-state index contributed by atoms with van der Waals surface area (Å²) in [6, 6.07) is 9.11. The molecular formula is C18H21N3O4. The molecule has 0 saturated heterocycles. The standard InChI is InChI=1S/C18H21N3O4/c1-20-11-15(17(23)21(20)12-7-3-2-4-8-12)19-16(22)13-9-5-6-10-14(13)18(24)25/h2-4,7-8,11,13-14H,5-6,9-10H2,1H3,(H,19,22)(H,24,25). The van der Waals surface area contributed by atoms with Crippen molar-refractivity contribution in [3.8, 4) is 5.69 Å². The number of carbonyl (C=O) groups is 2. The molecule has 1 aliphatic carbocycles. The molecule has 1 fully saturated rings. The molecule has 0 bridgehead atoms. The lowest BCUT2D eigenvalue weighted by Crippen LogP contribution is -2.36. The molecule has 2 aromatic rings. The van der Waals surface area contributed by atoms with E-state index in [4.69, 9.17) is 0 Å². The molecule has 2 atom stereocenters. The molecule has 2 unspecified atom stereocenters. The average Bonchev–Trinajstić information content (AvgIpc) is 2.89. The molecule has 1 aromatic carbocycles. The highest BCUT2D eigenvalue weighted by Gasteiger charge is 2.36. The number of carboxylic acids is 1. The normalized spacial score (nSPS) is 20.2. The van der Waals surface area contributed by atoms with Crippen LogP contribution in [0, 0.1) is 11.8 Å². The van der Waals surface area contributed by atoms with Crippen molar-refractivity contribution in [2.24, 2.45) is 18.9 Å². The smallest absolute Gasteiger partial charge is 0.307 e. The van der Waals surface area contributed by atoms with Gasteiger partial charge in [-0.05, 0) is 25.0 Å². The van der Waals surface area contributed by atoms with Gasteiger partial charge in [-0.25, -0.2) is 4.68 Å². The monoisotopic (exact) mass is 343 g/mol. The minimum atomic E-state index is -0.949. The van der Waals surface area contributed by atoms with E-state index in [-0.39, 0.29) is 11.2 Å². The maximum Gasteiger partial charge on any atom is 0.307 e. The summed E-state index contributed by atoms with van der Waals surface area (Å²) < 4.78 is 3.05. The van der Waals surface area contributed by atoms with Crippen molar-refractivity contribution < 1.29 is 14.7 Å². The van der Waals surface area contributed by atoms with Crippen molar-refractivity contribution in [2.45, 2.75) is 25.7 Å². The van der Waals surface area contributed by atoms with Crippen LogP contribution in [0.2, 0.25) is 0 Å². The van der Waals surface area contributed by atoms with Gasteiger partial charge in [-0.2, -0.15) is 0 Å². The van der Waals surface area contributed by atoms with Crippen molar-refractivity contribution in [1.82, 2.24) is 9.36 Å². The summed E-state index contributed by atoms with van der Waals surface area (Å²) in [5.41, 5.74) is 0.507. The minimum Gasteiger partial charge on any atom is -0.481 e. The van der Waals surface area contributed by atoms with Gasteiger partial charge in [0.15, 0.2) is 0 Å². The molecule has 1 heterocycles. The van der Waals surface area contributed by atoms with Gasteiger partial charge in [0.1, 0.15) is 5.69 Å². The number of anilines is 1. The molecule has 7 heteroatoms. The summed E-state index contributed by atoms with van der Waals surface area (Å²) >= 11 is 0. The second-order valence-corrected chi connectivity index (χ2v) is 6.39. The van der Waals surface area contributed by atoms with E-state index in [2.05, 4.69) is 5.32 Å². The number of nitrogens with zero attached hydrogens (tertiary/aromatic N) is 2. The maximum absolute atomic E-state index is 12.6. The van der Waals surface area contributed by atoms with Gasteiger partial charge < -0.3 is 10.4 Å². The van der Waals surface area contributed by atoms with Gasteiger partial charge in [0.05, 0.1) is 23.7 Å². The Labute approximate surface area is 144 Å². The largest absolute Gasteiger partial charge is 0.481 e. The molecule has 0 radical (unpaired) electrons. The molecule has 1 aliphatic rings. The van der Waals surface area contributed by atoms with Gasteiger partial charge in [-0.3, -0.25) is 19.1 Å². The van der Waals surface area contributed by atoms with E-state index in [1.807, 2.05) is 18.2 Å². The minimum absolute atomic E-state index is 0.158. The van der Waals surface area contributed by atoms with Gasteiger partial charge in [-0.1, -0.05) is 31.0 Å². The number of aliphatic carboxylic acids is 1. The summed E-state index contributed by atoms with van der Waals surface area (Å²) in [6.45, 7) is 0. The third kappa shape index (κ3) is 3.35. The lowest BCUT2D eigenvalue weighted by Gasteiger charge is -2.27. The van der Waals surface area contributed by atoms with Crippen LogP contribution in [0.1, 0.15) is 25.7 Å². The fraction of sp³-hybridized carbons (Fsp3) is 0.389. The van der Waals surface area contributed by atoms with Crippen LogP contribution in [0.15, 0.2) is 41.3 Å². The molecule has 1 aromatic heterocycles. The Kier molecular flexibility index (Phi) is 4.74. The van der Waals surface area contributed by atoms with Crippen LogP contribution in [0.3, 0.4) is 0 Å². The van der Waals surface area contributed by atoms with Gasteiger partial charge in [0.2, 0.25) is 5.91 Å². The fourth-order valence-electron chi connectivity index (χ4n) is 3.48. The molecule has 7 nitrogen and oxygen atoms in total.